The van der Waals surface area contributed by atoms with Crippen LogP contribution in [0.5, 0.6) is 5.75 Å². The molecule has 0 spiro atoms. The van der Waals surface area contributed by atoms with E-state index < -0.39 is 11.7 Å². The molecule has 0 saturated heterocycles. The second-order valence-corrected chi connectivity index (χ2v) is 6.90. The lowest BCUT2D eigenvalue weighted by molar-refractivity contribution is -0.138. The van der Waals surface area contributed by atoms with Crippen molar-refractivity contribution in [2.75, 3.05) is 13.1 Å². The molecule has 2 rings (SSSR count). The lowest BCUT2D eigenvalue weighted by Gasteiger charge is -2.16. The summed E-state index contributed by atoms with van der Waals surface area (Å²) in [6.07, 6.45) is -2.28. The number of hydrogen-bond donors (Lipinski definition) is 2. The molecule has 0 unspecified atom stereocenters. The van der Waals surface area contributed by atoms with E-state index in [1.165, 1.54) is 6.07 Å². The number of benzene rings is 1. The number of nitrogens with zero attached hydrogens (tertiary/aromatic N) is 4. The number of alkyl halides is 3. The maximum Gasteiger partial charge on any atom is 0.416 e. The normalized spacial score (nSPS) is 11.9. The first kappa shape index (κ1) is 27.0. The molecule has 11 heteroatoms. The van der Waals surface area contributed by atoms with E-state index in [2.05, 4.69) is 25.8 Å². The number of guanidine groups is 1. The van der Waals surface area contributed by atoms with Gasteiger partial charge in [0.15, 0.2) is 5.96 Å². The lowest BCUT2D eigenvalue weighted by Crippen LogP contribution is -2.39. The number of nitrogens with one attached hydrogen (secondary N) is 2. The van der Waals surface area contributed by atoms with E-state index in [0.29, 0.717) is 25.6 Å². The summed E-state index contributed by atoms with van der Waals surface area (Å²) in [6.45, 7) is 9.05. The summed E-state index contributed by atoms with van der Waals surface area (Å²) in [5.74, 6) is 1.51. The Morgan fingerprint density at radius 2 is 1.97 bits per heavy atom. The Morgan fingerprint density at radius 1 is 1.23 bits per heavy atom. The van der Waals surface area contributed by atoms with E-state index in [9.17, 15) is 13.2 Å². The zero-order valence-electron chi connectivity index (χ0n) is 18.2. The summed E-state index contributed by atoms with van der Waals surface area (Å²) >= 11 is 0. The van der Waals surface area contributed by atoms with Gasteiger partial charge in [0.25, 0.3) is 0 Å². The lowest BCUT2D eigenvalue weighted by atomic mass is 10.1. The van der Waals surface area contributed by atoms with Crippen molar-refractivity contribution in [1.29, 1.82) is 0 Å². The van der Waals surface area contributed by atoms with Crippen LogP contribution < -0.4 is 15.4 Å². The van der Waals surface area contributed by atoms with Gasteiger partial charge in [0.1, 0.15) is 17.9 Å². The Morgan fingerprint density at radius 3 is 2.58 bits per heavy atom. The molecule has 0 aliphatic heterocycles. The predicted octanol–water partition coefficient (Wildman–Crippen LogP) is 4.02. The second-order valence-electron chi connectivity index (χ2n) is 6.90. The molecule has 0 atom stereocenters. The minimum absolute atomic E-state index is 0. The molecule has 174 valence electrons. The van der Waals surface area contributed by atoms with Crippen molar-refractivity contribution in [2.45, 2.75) is 59.5 Å². The van der Waals surface area contributed by atoms with Crippen LogP contribution in [0.4, 0.5) is 13.2 Å². The van der Waals surface area contributed by atoms with Crippen LogP contribution in [-0.2, 0) is 25.7 Å². The van der Waals surface area contributed by atoms with Gasteiger partial charge < -0.3 is 19.9 Å². The van der Waals surface area contributed by atoms with E-state index in [-0.39, 0.29) is 47.9 Å². The monoisotopic (exact) mass is 554 g/mol. The van der Waals surface area contributed by atoms with Gasteiger partial charge in [0.2, 0.25) is 0 Å². The molecule has 0 radical (unpaired) electrons. The number of aryl methyl sites for hydroxylation is 1. The molecule has 0 aliphatic rings. The average Bonchev–Trinajstić information content (AvgIpc) is 3.13. The van der Waals surface area contributed by atoms with Crippen molar-refractivity contribution in [3.05, 3.63) is 41.5 Å². The molecule has 0 aliphatic carbocycles. The van der Waals surface area contributed by atoms with Crippen LogP contribution in [0.1, 0.15) is 44.6 Å². The van der Waals surface area contributed by atoms with Crippen molar-refractivity contribution < 1.29 is 17.9 Å². The molecule has 0 amide bonds. The predicted molar refractivity (Wildman–Crippen MR) is 125 cm³/mol. The van der Waals surface area contributed by atoms with Crippen molar-refractivity contribution in [3.63, 3.8) is 0 Å². The standard InChI is InChI=1S/C20H29F3N6O.HI/c1-5-18-28-27-13-29(18)10-9-25-19(24-6-2)26-12-15-7-8-16(30-14(3)4)11-17(15)20(21,22)23;/h7-8,11,13-14H,5-6,9-10,12H2,1-4H3,(H2,24,25,26);1H. The first-order valence-corrected chi connectivity index (χ1v) is 10.00. The van der Waals surface area contributed by atoms with Crippen LogP contribution in [0, 0.1) is 0 Å². The highest BCUT2D eigenvalue weighted by Crippen LogP contribution is 2.35. The number of halogens is 4. The quantitative estimate of drug-likeness (QED) is 0.278. The Balaban J connectivity index is 0.00000480. The van der Waals surface area contributed by atoms with Gasteiger partial charge in [-0.05, 0) is 38.5 Å². The van der Waals surface area contributed by atoms with Crippen LogP contribution in [0.15, 0.2) is 29.5 Å². The molecular formula is C20H30F3IN6O. The third-order valence-corrected chi connectivity index (χ3v) is 4.17. The fraction of sp³-hybridized carbons (Fsp3) is 0.550. The molecule has 0 bridgehead atoms. The summed E-state index contributed by atoms with van der Waals surface area (Å²) < 4.78 is 47.9. The van der Waals surface area contributed by atoms with E-state index in [1.54, 1.807) is 26.2 Å². The van der Waals surface area contributed by atoms with Crippen molar-refractivity contribution >= 4 is 29.9 Å². The van der Waals surface area contributed by atoms with E-state index in [0.717, 1.165) is 18.3 Å². The molecule has 7 nitrogen and oxygen atoms in total. The van der Waals surface area contributed by atoms with Gasteiger partial charge in [-0.15, -0.1) is 34.2 Å². The number of aromatic nitrogens is 3. The van der Waals surface area contributed by atoms with Crippen LogP contribution in [0.3, 0.4) is 0 Å². The third kappa shape index (κ3) is 8.54. The first-order chi connectivity index (χ1) is 14.2. The van der Waals surface area contributed by atoms with Crippen molar-refractivity contribution in [1.82, 2.24) is 25.4 Å². The second kappa shape index (κ2) is 12.7. The fourth-order valence-electron chi connectivity index (χ4n) is 2.84. The number of hydrogen-bond acceptors (Lipinski definition) is 4. The van der Waals surface area contributed by atoms with E-state index in [4.69, 9.17) is 4.74 Å². The largest absolute Gasteiger partial charge is 0.491 e. The van der Waals surface area contributed by atoms with Crippen LogP contribution in [0.25, 0.3) is 0 Å². The van der Waals surface area contributed by atoms with Crippen LogP contribution in [0.2, 0.25) is 0 Å². The van der Waals surface area contributed by atoms with Gasteiger partial charge in [-0.2, -0.15) is 13.2 Å². The van der Waals surface area contributed by atoms with Gasteiger partial charge in [-0.3, -0.25) is 0 Å². The molecule has 1 heterocycles. The Bertz CT molecular complexity index is 839. The Kier molecular flexibility index (Phi) is 11.1. The highest BCUT2D eigenvalue weighted by Gasteiger charge is 2.33. The SMILES string of the molecule is CCNC(=NCc1ccc(OC(C)C)cc1C(F)(F)F)NCCn1cnnc1CC.I. The van der Waals surface area contributed by atoms with E-state index >= 15 is 0 Å². The molecule has 2 N–H and O–H groups in total. The number of ether oxygens (including phenoxy) is 1. The molecule has 0 fully saturated rings. The molecule has 0 saturated carbocycles. The number of rotatable bonds is 9. The van der Waals surface area contributed by atoms with Gasteiger partial charge in [0, 0.05) is 26.1 Å². The zero-order chi connectivity index (χ0) is 22.1. The fourth-order valence-corrected chi connectivity index (χ4v) is 2.84. The van der Waals surface area contributed by atoms with Crippen molar-refractivity contribution in [3.8, 4) is 5.75 Å². The summed E-state index contributed by atoms with van der Waals surface area (Å²) in [7, 11) is 0. The summed E-state index contributed by atoms with van der Waals surface area (Å²) in [6, 6.07) is 3.99. The maximum atomic E-state index is 13.5. The van der Waals surface area contributed by atoms with Gasteiger partial charge in [-0.1, -0.05) is 13.0 Å². The Hall–Kier alpha value is -2.05. The molecule has 1 aromatic heterocycles. The first-order valence-electron chi connectivity index (χ1n) is 10.00. The Labute approximate surface area is 197 Å². The maximum absolute atomic E-state index is 13.5. The highest BCUT2D eigenvalue weighted by molar-refractivity contribution is 14.0. The topological polar surface area (TPSA) is 76.4 Å². The molecule has 1 aromatic carbocycles. The van der Waals surface area contributed by atoms with Gasteiger partial charge >= 0.3 is 6.18 Å². The minimum atomic E-state index is -4.49. The zero-order valence-corrected chi connectivity index (χ0v) is 20.5. The van der Waals surface area contributed by atoms with Gasteiger partial charge in [-0.25, -0.2) is 4.99 Å². The molecule has 2 aromatic rings. The molecule has 31 heavy (non-hydrogen) atoms. The smallest absolute Gasteiger partial charge is 0.416 e. The molecular weight excluding hydrogens is 524 g/mol. The third-order valence-electron chi connectivity index (χ3n) is 4.17. The van der Waals surface area contributed by atoms with Crippen molar-refractivity contribution in [2.24, 2.45) is 4.99 Å². The van der Waals surface area contributed by atoms with Gasteiger partial charge in [0.05, 0.1) is 18.2 Å². The summed E-state index contributed by atoms with van der Waals surface area (Å²) in [5.41, 5.74) is -0.653. The minimum Gasteiger partial charge on any atom is -0.491 e. The summed E-state index contributed by atoms with van der Waals surface area (Å²) in [4.78, 5) is 4.32. The van der Waals surface area contributed by atoms with Crippen LogP contribution in [-0.4, -0.2) is 39.9 Å². The summed E-state index contributed by atoms with van der Waals surface area (Å²) in [5, 5.41) is 14.1. The van der Waals surface area contributed by atoms with Crippen LogP contribution >= 0.6 is 24.0 Å². The average molecular weight is 554 g/mol. The number of aliphatic imine (C=N–C) groups is 1. The van der Waals surface area contributed by atoms with E-state index in [1.807, 2.05) is 18.4 Å². The highest BCUT2D eigenvalue weighted by atomic mass is 127.